The molecule has 0 saturated heterocycles. The second kappa shape index (κ2) is 4.26. The highest BCUT2D eigenvalue weighted by atomic mass is 32.2. The van der Waals surface area contributed by atoms with Gasteiger partial charge in [0.1, 0.15) is 10.7 Å². The van der Waals surface area contributed by atoms with Crippen LogP contribution in [0.3, 0.4) is 0 Å². The average molecular weight is 233 g/mol. The smallest absolute Gasteiger partial charge is 0.178 e. The molecule has 1 atom stereocenters. The standard InChI is InChI=1S/C9H12FNO3S/c1-15(13,14)9-6(8(12)5-11)3-2-4-7(9)10/h2-4,8,12H,5,11H2,1H3. The Hall–Kier alpha value is -0.980. The van der Waals surface area contributed by atoms with Gasteiger partial charge in [0.25, 0.3) is 0 Å². The number of rotatable bonds is 3. The van der Waals surface area contributed by atoms with E-state index < -0.39 is 26.7 Å². The van der Waals surface area contributed by atoms with Crippen molar-refractivity contribution < 1.29 is 17.9 Å². The molecule has 0 bridgehead atoms. The van der Waals surface area contributed by atoms with Gasteiger partial charge in [-0.15, -0.1) is 0 Å². The van der Waals surface area contributed by atoms with Gasteiger partial charge < -0.3 is 10.8 Å². The summed E-state index contributed by atoms with van der Waals surface area (Å²) in [5.41, 5.74) is 5.20. The van der Waals surface area contributed by atoms with Gasteiger partial charge in [-0.3, -0.25) is 0 Å². The lowest BCUT2D eigenvalue weighted by molar-refractivity contribution is 0.182. The van der Waals surface area contributed by atoms with Crippen molar-refractivity contribution in [3.63, 3.8) is 0 Å². The zero-order valence-corrected chi connectivity index (χ0v) is 8.96. The van der Waals surface area contributed by atoms with E-state index in [4.69, 9.17) is 5.73 Å². The molecular formula is C9H12FNO3S. The minimum absolute atomic E-state index is 0.000000000000000444. The number of benzene rings is 1. The second-order valence-corrected chi connectivity index (χ2v) is 5.13. The van der Waals surface area contributed by atoms with Crippen molar-refractivity contribution in [3.05, 3.63) is 29.6 Å². The van der Waals surface area contributed by atoms with Crippen molar-refractivity contribution in [3.8, 4) is 0 Å². The molecule has 1 rings (SSSR count). The molecule has 0 amide bonds. The van der Waals surface area contributed by atoms with E-state index >= 15 is 0 Å². The molecule has 0 fully saturated rings. The first-order valence-corrected chi connectivity index (χ1v) is 6.13. The van der Waals surface area contributed by atoms with E-state index in [0.29, 0.717) is 0 Å². The van der Waals surface area contributed by atoms with Crippen LogP contribution in [0.5, 0.6) is 0 Å². The molecule has 0 saturated carbocycles. The topological polar surface area (TPSA) is 80.4 Å². The largest absolute Gasteiger partial charge is 0.387 e. The number of hydrogen-bond donors (Lipinski definition) is 2. The Kier molecular flexibility index (Phi) is 3.43. The maximum absolute atomic E-state index is 13.3. The van der Waals surface area contributed by atoms with Crippen molar-refractivity contribution in [2.24, 2.45) is 5.73 Å². The van der Waals surface area contributed by atoms with Gasteiger partial charge in [0, 0.05) is 18.4 Å². The maximum atomic E-state index is 13.3. The number of aliphatic hydroxyl groups excluding tert-OH is 1. The minimum Gasteiger partial charge on any atom is -0.387 e. The molecule has 0 aliphatic rings. The zero-order valence-electron chi connectivity index (χ0n) is 8.14. The Morgan fingerprint density at radius 2 is 2.13 bits per heavy atom. The SMILES string of the molecule is CS(=O)(=O)c1c(F)cccc1C(O)CN. The third-order valence-corrected chi connectivity index (χ3v) is 3.12. The minimum atomic E-state index is -3.71. The van der Waals surface area contributed by atoms with Crippen LogP contribution in [-0.2, 0) is 9.84 Å². The molecule has 3 N–H and O–H groups in total. The summed E-state index contributed by atoms with van der Waals surface area (Å²) < 4.78 is 35.9. The fourth-order valence-electron chi connectivity index (χ4n) is 1.31. The Morgan fingerprint density at radius 3 is 2.60 bits per heavy atom. The van der Waals surface area contributed by atoms with Crippen molar-refractivity contribution in [2.75, 3.05) is 12.8 Å². The number of halogens is 1. The summed E-state index contributed by atoms with van der Waals surface area (Å²) in [6, 6.07) is 3.71. The molecule has 0 aromatic heterocycles. The van der Waals surface area contributed by atoms with Gasteiger partial charge in [-0.25, -0.2) is 12.8 Å². The van der Waals surface area contributed by atoms with Gasteiger partial charge in [0.2, 0.25) is 0 Å². The number of aliphatic hydroxyl groups is 1. The van der Waals surface area contributed by atoms with Crippen molar-refractivity contribution in [2.45, 2.75) is 11.0 Å². The van der Waals surface area contributed by atoms with Gasteiger partial charge in [-0.05, 0) is 6.07 Å². The number of hydrogen-bond acceptors (Lipinski definition) is 4. The summed E-state index contributed by atoms with van der Waals surface area (Å²) in [5.74, 6) is -0.873. The van der Waals surface area contributed by atoms with Gasteiger partial charge in [-0.2, -0.15) is 0 Å². The predicted octanol–water partition coefficient (Wildman–Crippen LogP) is 0.221. The fraction of sp³-hybridized carbons (Fsp3) is 0.333. The van der Waals surface area contributed by atoms with Crippen LogP contribution >= 0.6 is 0 Å². The second-order valence-electron chi connectivity index (χ2n) is 3.18. The molecule has 15 heavy (non-hydrogen) atoms. The Bertz CT molecular complexity index is 458. The van der Waals surface area contributed by atoms with E-state index in [-0.39, 0.29) is 12.1 Å². The molecule has 6 heteroatoms. The van der Waals surface area contributed by atoms with Crippen LogP contribution in [0.2, 0.25) is 0 Å². The van der Waals surface area contributed by atoms with E-state index in [1.807, 2.05) is 0 Å². The maximum Gasteiger partial charge on any atom is 0.178 e. The molecule has 1 aromatic carbocycles. The van der Waals surface area contributed by atoms with Gasteiger partial charge in [0.15, 0.2) is 9.84 Å². The molecule has 0 aliphatic carbocycles. The first kappa shape index (κ1) is 12.1. The zero-order chi connectivity index (χ0) is 11.6. The summed E-state index contributed by atoms with van der Waals surface area (Å²) in [4.78, 5) is -0.483. The highest BCUT2D eigenvalue weighted by Gasteiger charge is 2.22. The van der Waals surface area contributed by atoms with E-state index in [9.17, 15) is 17.9 Å². The van der Waals surface area contributed by atoms with Crippen molar-refractivity contribution >= 4 is 9.84 Å². The number of nitrogens with two attached hydrogens (primary N) is 1. The Morgan fingerprint density at radius 1 is 1.53 bits per heavy atom. The Balaban J connectivity index is 3.47. The molecule has 0 heterocycles. The van der Waals surface area contributed by atoms with Crippen LogP contribution in [-0.4, -0.2) is 26.3 Å². The average Bonchev–Trinajstić information content (AvgIpc) is 2.14. The normalized spacial score (nSPS) is 13.9. The first-order valence-electron chi connectivity index (χ1n) is 4.24. The molecule has 0 spiro atoms. The lowest BCUT2D eigenvalue weighted by atomic mass is 10.1. The highest BCUT2D eigenvalue weighted by Crippen LogP contribution is 2.24. The molecule has 0 aliphatic heterocycles. The quantitative estimate of drug-likeness (QED) is 0.782. The van der Waals surface area contributed by atoms with E-state index in [1.54, 1.807) is 0 Å². The molecular weight excluding hydrogens is 221 g/mol. The summed E-state index contributed by atoms with van der Waals surface area (Å²) in [6.07, 6.45) is -0.288. The van der Waals surface area contributed by atoms with Crippen molar-refractivity contribution in [1.29, 1.82) is 0 Å². The molecule has 4 nitrogen and oxygen atoms in total. The van der Waals surface area contributed by atoms with Crippen LogP contribution < -0.4 is 5.73 Å². The molecule has 0 radical (unpaired) electrons. The van der Waals surface area contributed by atoms with E-state index in [0.717, 1.165) is 12.3 Å². The first-order chi connectivity index (χ1) is 6.88. The van der Waals surface area contributed by atoms with Crippen LogP contribution in [0.1, 0.15) is 11.7 Å². The third-order valence-electron chi connectivity index (χ3n) is 1.95. The van der Waals surface area contributed by atoms with Crippen LogP contribution in [0.15, 0.2) is 23.1 Å². The monoisotopic (exact) mass is 233 g/mol. The van der Waals surface area contributed by atoms with Crippen molar-refractivity contribution in [1.82, 2.24) is 0 Å². The van der Waals surface area contributed by atoms with Crippen LogP contribution in [0.25, 0.3) is 0 Å². The van der Waals surface area contributed by atoms with Crippen LogP contribution in [0.4, 0.5) is 4.39 Å². The number of sulfone groups is 1. The van der Waals surface area contributed by atoms with Crippen LogP contribution in [0, 0.1) is 5.82 Å². The lowest BCUT2D eigenvalue weighted by Gasteiger charge is -2.13. The van der Waals surface area contributed by atoms with Gasteiger partial charge >= 0.3 is 0 Å². The van der Waals surface area contributed by atoms with E-state index in [1.165, 1.54) is 12.1 Å². The fourth-order valence-corrected chi connectivity index (χ4v) is 2.36. The molecule has 84 valence electrons. The van der Waals surface area contributed by atoms with Gasteiger partial charge in [-0.1, -0.05) is 12.1 Å². The highest BCUT2D eigenvalue weighted by molar-refractivity contribution is 7.90. The predicted molar refractivity (Wildman–Crippen MR) is 53.5 cm³/mol. The summed E-state index contributed by atoms with van der Waals surface area (Å²) in [6.45, 7) is -0.161. The molecule has 1 aromatic rings. The lowest BCUT2D eigenvalue weighted by Crippen LogP contribution is -2.16. The van der Waals surface area contributed by atoms with E-state index in [2.05, 4.69) is 0 Å². The summed E-state index contributed by atoms with van der Waals surface area (Å²) >= 11 is 0. The summed E-state index contributed by atoms with van der Waals surface area (Å²) in [5, 5.41) is 9.44. The molecule has 1 unspecified atom stereocenters. The third kappa shape index (κ3) is 2.53. The summed E-state index contributed by atoms with van der Waals surface area (Å²) in [7, 11) is -3.71. The van der Waals surface area contributed by atoms with Gasteiger partial charge in [0.05, 0.1) is 6.10 Å². The Labute approximate surface area is 87.5 Å².